The number of rotatable bonds is 12. The molecule has 0 heterocycles. The average molecular weight is 530 g/mol. The van der Waals surface area contributed by atoms with Gasteiger partial charge in [0.15, 0.2) is 5.96 Å². The number of aliphatic imine (C=N–C) groups is 1. The summed E-state index contributed by atoms with van der Waals surface area (Å²) < 4.78 is 45.6. The van der Waals surface area contributed by atoms with E-state index in [-0.39, 0.29) is 42.0 Å². The van der Waals surface area contributed by atoms with Crippen molar-refractivity contribution in [2.75, 3.05) is 43.8 Å². The van der Waals surface area contributed by atoms with Crippen LogP contribution < -0.4 is 15.4 Å². The highest BCUT2D eigenvalue weighted by molar-refractivity contribution is 14.0. The van der Waals surface area contributed by atoms with Crippen molar-refractivity contribution in [3.05, 3.63) is 29.6 Å². The molecule has 0 spiro atoms. The van der Waals surface area contributed by atoms with Crippen LogP contribution >= 0.6 is 24.0 Å². The average Bonchev–Trinajstić information content (AvgIpc) is 2.62. The Kier molecular flexibility index (Phi) is 14.2. The molecule has 0 aliphatic rings. The summed E-state index contributed by atoms with van der Waals surface area (Å²) in [7, 11) is -1.97. The van der Waals surface area contributed by atoms with Crippen LogP contribution in [0, 0.1) is 12.7 Å². The standard InChI is InChI=1S/C18H31FN4O3S.HI/c1-4-5-11-26-12-6-9-21-18(20-3)22-10-13-27(24,25)23-16-8-7-15(2)17(19)14-16;/h7-8,14,23H,4-6,9-13H2,1-3H3,(H2,20,21,22);1H. The minimum Gasteiger partial charge on any atom is -0.381 e. The Morgan fingerprint density at radius 3 is 2.50 bits per heavy atom. The van der Waals surface area contributed by atoms with Gasteiger partial charge in [-0.05, 0) is 37.5 Å². The zero-order valence-electron chi connectivity index (χ0n) is 16.8. The SMILES string of the molecule is CCCCOCCCNC(=NC)NCCS(=O)(=O)Nc1ccc(C)c(F)c1.I. The van der Waals surface area contributed by atoms with Gasteiger partial charge in [-0.3, -0.25) is 9.71 Å². The Balaban J connectivity index is 0.00000729. The molecule has 1 aromatic carbocycles. The number of hydrogen-bond donors (Lipinski definition) is 3. The molecular formula is C18H32FIN4O3S. The molecular weight excluding hydrogens is 498 g/mol. The normalized spacial score (nSPS) is 11.6. The molecule has 0 fully saturated rings. The Morgan fingerprint density at radius 2 is 1.86 bits per heavy atom. The summed E-state index contributed by atoms with van der Waals surface area (Å²) in [6.45, 7) is 6.05. The van der Waals surface area contributed by atoms with Gasteiger partial charge in [0, 0.05) is 33.4 Å². The van der Waals surface area contributed by atoms with Crippen LogP contribution in [0.25, 0.3) is 0 Å². The molecule has 0 unspecified atom stereocenters. The zero-order valence-corrected chi connectivity index (χ0v) is 19.9. The van der Waals surface area contributed by atoms with Crippen LogP contribution in [0.5, 0.6) is 0 Å². The smallest absolute Gasteiger partial charge is 0.234 e. The van der Waals surface area contributed by atoms with Gasteiger partial charge >= 0.3 is 0 Å². The molecule has 162 valence electrons. The number of nitrogens with one attached hydrogen (secondary N) is 3. The Hall–Kier alpha value is -1.14. The number of guanidine groups is 1. The quantitative estimate of drug-likeness (QED) is 0.167. The molecule has 10 heteroatoms. The Labute approximate surface area is 185 Å². The fourth-order valence-corrected chi connectivity index (χ4v) is 3.10. The highest BCUT2D eigenvalue weighted by Gasteiger charge is 2.11. The molecule has 1 aromatic rings. The molecule has 0 saturated carbocycles. The van der Waals surface area contributed by atoms with E-state index >= 15 is 0 Å². The monoisotopic (exact) mass is 530 g/mol. The molecule has 0 radical (unpaired) electrons. The third-order valence-corrected chi connectivity index (χ3v) is 5.02. The number of sulfonamides is 1. The molecule has 0 bridgehead atoms. The molecule has 0 atom stereocenters. The third-order valence-electron chi connectivity index (χ3n) is 3.73. The van der Waals surface area contributed by atoms with Crippen molar-refractivity contribution < 1.29 is 17.5 Å². The number of aryl methyl sites for hydroxylation is 1. The lowest BCUT2D eigenvalue weighted by Crippen LogP contribution is -2.40. The molecule has 28 heavy (non-hydrogen) atoms. The van der Waals surface area contributed by atoms with Gasteiger partial charge in [0.1, 0.15) is 5.82 Å². The van der Waals surface area contributed by atoms with Gasteiger partial charge in [-0.2, -0.15) is 0 Å². The number of hydrogen-bond acceptors (Lipinski definition) is 4. The topological polar surface area (TPSA) is 91.8 Å². The molecule has 1 rings (SSSR count). The van der Waals surface area contributed by atoms with Crippen molar-refractivity contribution >= 4 is 45.6 Å². The van der Waals surface area contributed by atoms with Crippen LogP contribution in [0.2, 0.25) is 0 Å². The number of nitrogens with zero attached hydrogens (tertiary/aromatic N) is 1. The number of unbranched alkanes of at least 4 members (excludes halogenated alkanes) is 1. The lowest BCUT2D eigenvalue weighted by atomic mass is 10.2. The molecule has 0 aromatic heterocycles. The number of halogens is 2. The van der Waals surface area contributed by atoms with Crippen LogP contribution in [-0.4, -0.2) is 53.5 Å². The van der Waals surface area contributed by atoms with Crippen LogP contribution in [-0.2, 0) is 14.8 Å². The lowest BCUT2D eigenvalue weighted by Gasteiger charge is -2.13. The van der Waals surface area contributed by atoms with E-state index in [2.05, 4.69) is 27.3 Å². The van der Waals surface area contributed by atoms with Crippen molar-refractivity contribution in [1.82, 2.24) is 10.6 Å². The molecule has 0 aliphatic heterocycles. The molecule has 0 aliphatic carbocycles. The van der Waals surface area contributed by atoms with E-state index in [0.717, 1.165) is 25.9 Å². The summed E-state index contributed by atoms with van der Waals surface area (Å²) in [5, 5.41) is 6.05. The van der Waals surface area contributed by atoms with Gasteiger partial charge in [-0.15, -0.1) is 24.0 Å². The van der Waals surface area contributed by atoms with Gasteiger partial charge in [-0.25, -0.2) is 12.8 Å². The summed E-state index contributed by atoms with van der Waals surface area (Å²) in [5.74, 6) is -0.0831. The molecule has 0 saturated heterocycles. The van der Waals surface area contributed by atoms with Gasteiger partial charge in [0.2, 0.25) is 10.0 Å². The van der Waals surface area contributed by atoms with Gasteiger partial charge in [0.05, 0.1) is 11.4 Å². The van der Waals surface area contributed by atoms with Crippen molar-refractivity contribution in [1.29, 1.82) is 0 Å². The maximum absolute atomic E-state index is 13.5. The van der Waals surface area contributed by atoms with Gasteiger partial charge in [-0.1, -0.05) is 19.4 Å². The second kappa shape index (κ2) is 14.8. The minimum absolute atomic E-state index is 0. The number of benzene rings is 1. The first-order valence-electron chi connectivity index (χ1n) is 9.17. The fourth-order valence-electron chi connectivity index (χ4n) is 2.14. The van der Waals surface area contributed by atoms with E-state index in [0.29, 0.717) is 24.7 Å². The van der Waals surface area contributed by atoms with Gasteiger partial charge < -0.3 is 15.4 Å². The second-order valence-corrected chi connectivity index (χ2v) is 7.97. The third kappa shape index (κ3) is 11.6. The predicted molar refractivity (Wildman–Crippen MR) is 124 cm³/mol. The van der Waals surface area contributed by atoms with Crippen molar-refractivity contribution in [3.63, 3.8) is 0 Å². The van der Waals surface area contributed by atoms with Gasteiger partial charge in [0.25, 0.3) is 0 Å². The summed E-state index contributed by atoms with van der Waals surface area (Å²) >= 11 is 0. The molecule has 3 N–H and O–H groups in total. The predicted octanol–water partition coefficient (Wildman–Crippen LogP) is 2.87. The fraction of sp³-hybridized carbons (Fsp3) is 0.611. The Bertz CT molecular complexity index is 702. The maximum atomic E-state index is 13.5. The van der Waals surface area contributed by atoms with E-state index in [1.54, 1.807) is 14.0 Å². The molecule has 7 nitrogen and oxygen atoms in total. The largest absolute Gasteiger partial charge is 0.381 e. The maximum Gasteiger partial charge on any atom is 0.234 e. The number of anilines is 1. The second-order valence-electron chi connectivity index (χ2n) is 6.13. The highest BCUT2D eigenvalue weighted by Crippen LogP contribution is 2.14. The summed E-state index contributed by atoms with van der Waals surface area (Å²) in [5.41, 5.74) is 0.675. The molecule has 0 amide bonds. The Morgan fingerprint density at radius 1 is 1.18 bits per heavy atom. The van der Waals surface area contributed by atoms with Crippen LogP contribution in [0.3, 0.4) is 0 Å². The van der Waals surface area contributed by atoms with Crippen LogP contribution in [0.1, 0.15) is 31.7 Å². The van der Waals surface area contributed by atoms with E-state index in [1.807, 2.05) is 0 Å². The van der Waals surface area contributed by atoms with Crippen molar-refractivity contribution in [2.24, 2.45) is 4.99 Å². The summed E-state index contributed by atoms with van der Waals surface area (Å²) in [6.07, 6.45) is 3.02. The van der Waals surface area contributed by atoms with E-state index in [4.69, 9.17) is 4.74 Å². The van der Waals surface area contributed by atoms with E-state index < -0.39 is 15.8 Å². The van der Waals surface area contributed by atoms with E-state index in [1.165, 1.54) is 18.2 Å². The van der Waals surface area contributed by atoms with Crippen molar-refractivity contribution in [2.45, 2.75) is 33.1 Å². The van der Waals surface area contributed by atoms with Crippen LogP contribution in [0.15, 0.2) is 23.2 Å². The van der Waals surface area contributed by atoms with Crippen LogP contribution in [0.4, 0.5) is 10.1 Å². The van der Waals surface area contributed by atoms with E-state index in [9.17, 15) is 12.8 Å². The first-order chi connectivity index (χ1) is 12.9. The first-order valence-corrected chi connectivity index (χ1v) is 10.8. The zero-order chi connectivity index (χ0) is 20.1. The summed E-state index contributed by atoms with van der Waals surface area (Å²) in [4.78, 5) is 4.05. The first kappa shape index (κ1) is 26.9. The summed E-state index contributed by atoms with van der Waals surface area (Å²) in [6, 6.07) is 4.24. The highest BCUT2D eigenvalue weighted by atomic mass is 127. The number of ether oxygens (including phenoxy) is 1. The minimum atomic E-state index is -3.59. The lowest BCUT2D eigenvalue weighted by molar-refractivity contribution is 0.129. The van der Waals surface area contributed by atoms with Crippen molar-refractivity contribution in [3.8, 4) is 0 Å².